The van der Waals surface area contributed by atoms with Gasteiger partial charge in [0.15, 0.2) is 0 Å². The molecule has 2 atom stereocenters. The van der Waals surface area contributed by atoms with E-state index in [0.717, 1.165) is 0 Å². The van der Waals surface area contributed by atoms with Gasteiger partial charge in [-0.2, -0.15) is 0 Å². The second-order valence-corrected chi connectivity index (χ2v) is 10.3. The zero-order valence-electron chi connectivity index (χ0n) is 12.6. The Morgan fingerprint density at radius 3 is 2.60 bits per heavy atom. The van der Waals surface area contributed by atoms with Crippen LogP contribution in [0.25, 0.3) is 5.57 Å². The molecule has 0 spiro atoms. The zero-order valence-corrected chi connectivity index (χ0v) is 13.6. The summed E-state index contributed by atoms with van der Waals surface area (Å²) in [5.74, 6) is 0.638. The fraction of sp³-hybridized carbons (Fsp3) is 0.444. The monoisotopic (exact) mass is 284 g/mol. The molecule has 1 aromatic carbocycles. The molecular weight excluding hydrogens is 260 g/mol. The zero-order chi connectivity index (χ0) is 14.2. The molecule has 2 heteroatoms. The molecule has 1 aliphatic heterocycles. The highest BCUT2D eigenvalue weighted by molar-refractivity contribution is 6.80. The Morgan fingerprint density at radius 2 is 1.90 bits per heavy atom. The van der Waals surface area contributed by atoms with Crippen LogP contribution in [0.3, 0.4) is 0 Å². The van der Waals surface area contributed by atoms with E-state index in [4.69, 9.17) is 4.43 Å². The maximum atomic E-state index is 6.50. The van der Waals surface area contributed by atoms with Crippen molar-refractivity contribution >= 4 is 13.9 Å². The van der Waals surface area contributed by atoms with E-state index in [1.807, 2.05) is 0 Å². The maximum absolute atomic E-state index is 6.50. The van der Waals surface area contributed by atoms with Gasteiger partial charge in [-0.25, -0.2) is 0 Å². The van der Waals surface area contributed by atoms with Crippen LogP contribution in [0, 0.1) is 5.92 Å². The predicted molar refractivity (Wildman–Crippen MR) is 87.9 cm³/mol. The Morgan fingerprint density at radius 1 is 1.20 bits per heavy atom. The second kappa shape index (κ2) is 5.34. The number of hydrogen-bond acceptors (Lipinski definition) is 1. The van der Waals surface area contributed by atoms with Gasteiger partial charge in [-0.3, -0.25) is 0 Å². The minimum Gasteiger partial charge on any atom is -0.410 e. The smallest absolute Gasteiger partial charge is 0.215 e. The SMILES string of the molecule is C=C/C(=C1/[C@@H]2CCCC[C@@H]2O[Si]1(C)C)c1ccccc1. The molecule has 0 radical (unpaired) electrons. The van der Waals surface area contributed by atoms with Crippen molar-refractivity contribution < 1.29 is 4.43 Å². The van der Waals surface area contributed by atoms with Gasteiger partial charge in [0, 0.05) is 5.92 Å². The molecule has 0 aromatic heterocycles. The highest BCUT2D eigenvalue weighted by atomic mass is 28.4. The highest BCUT2D eigenvalue weighted by Gasteiger charge is 2.48. The van der Waals surface area contributed by atoms with E-state index in [-0.39, 0.29) is 0 Å². The van der Waals surface area contributed by atoms with Crippen molar-refractivity contribution in [2.24, 2.45) is 5.92 Å². The van der Waals surface area contributed by atoms with Crippen molar-refractivity contribution in [1.82, 2.24) is 0 Å². The van der Waals surface area contributed by atoms with E-state index < -0.39 is 8.32 Å². The quantitative estimate of drug-likeness (QED) is 0.697. The van der Waals surface area contributed by atoms with E-state index in [1.165, 1.54) is 36.8 Å². The molecule has 2 fully saturated rings. The van der Waals surface area contributed by atoms with Gasteiger partial charge >= 0.3 is 0 Å². The predicted octanol–water partition coefficient (Wildman–Crippen LogP) is 4.96. The molecular formula is C18H24OSi. The van der Waals surface area contributed by atoms with Gasteiger partial charge in [0.25, 0.3) is 0 Å². The summed E-state index contributed by atoms with van der Waals surface area (Å²) in [5, 5.41) is 1.60. The molecule has 1 saturated heterocycles. The Hall–Kier alpha value is -1.12. The van der Waals surface area contributed by atoms with Gasteiger partial charge in [-0.15, -0.1) is 0 Å². The third kappa shape index (κ3) is 2.31. The van der Waals surface area contributed by atoms with Crippen LogP contribution in [0.5, 0.6) is 0 Å². The third-order valence-corrected chi connectivity index (χ3v) is 7.58. The molecule has 1 heterocycles. The summed E-state index contributed by atoms with van der Waals surface area (Å²) in [6, 6.07) is 10.7. The van der Waals surface area contributed by atoms with Crippen LogP contribution in [-0.2, 0) is 4.43 Å². The lowest BCUT2D eigenvalue weighted by Gasteiger charge is -2.26. The van der Waals surface area contributed by atoms with Crippen LogP contribution in [0.2, 0.25) is 13.1 Å². The molecule has 1 aromatic rings. The summed E-state index contributed by atoms with van der Waals surface area (Å²) in [7, 11) is -1.76. The molecule has 1 aliphatic carbocycles. The fourth-order valence-electron chi connectivity index (χ4n) is 3.98. The van der Waals surface area contributed by atoms with E-state index in [2.05, 4.69) is 56.1 Å². The average Bonchev–Trinajstić information content (AvgIpc) is 2.72. The van der Waals surface area contributed by atoms with Crippen molar-refractivity contribution in [3.8, 4) is 0 Å². The van der Waals surface area contributed by atoms with Crippen LogP contribution in [0.15, 0.2) is 48.2 Å². The Kier molecular flexibility index (Phi) is 3.70. The number of fused-ring (bicyclic) bond motifs is 1. The normalized spacial score (nSPS) is 30.7. The lowest BCUT2D eigenvalue weighted by Crippen LogP contribution is -2.29. The summed E-state index contributed by atoms with van der Waals surface area (Å²) in [5.41, 5.74) is 2.64. The molecule has 3 rings (SSSR count). The highest BCUT2D eigenvalue weighted by Crippen LogP contribution is 2.47. The van der Waals surface area contributed by atoms with E-state index in [0.29, 0.717) is 12.0 Å². The number of benzene rings is 1. The molecule has 2 aliphatic rings. The summed E-state index contributed by atoms with van der Waals surface area (Å²) < 4.78 is 6.50. The van der Waals surface area contributed by atoms with E-state index in [9.17, 15) is 0 Å². The lowest BCUT2D eigenvalue weighted by molar-refractivity contribution is 0.139. The standard InChI is InChI=1S/C18H24OSi/c1-4-15(14-10-6-5-7-11-14)18-16-12-8-9-13-17(16)19-20(18,2)3/h4-7,10-11,16-17H,1,8-9,12-13H2,2-3H3/b18-15+/t16-,17+/m1/s1. The topological polar surface area (TPSA) is 9.23 Å². The van der Waals surface area contributed by atoms with Gasteiger partial charge in [0.1, 0.15) is 0 Å². The molecule has 20 heavy (non-hydrogen) atoms. The second-order valence-electron chi connectivity index (χ2n) is 6.46. The number of allylic oxidation sites excluding steroid dienone is 2. The lowest BCUT2D eigenvalue weighted by atomic mass is 9.84. The molecule has 0 unspecified atom stereocenters. The summed E-state index contributed by atoms with van der Waals surface area (Å²) in [4.78, 5) is 0. The van der Waals surface area contributed by atoms with Crippen molar-refractivity contribution in [2.45, 2.75) is 44.9 Å². The summed E-state index contributed by atoms with van der Waals surface area (Å²) in [6.45, 7) is 8.80. The van der Waals surface area contributed by atoms with Crippen LogP contribution in [-0.4, -0.2) is 14.4 Å². The summed E-state index contributed by atoms with van der Waals surface area (Å²) >= 11 is 0. The summed E-state index contributed by atoms with van der Waals surface area (Å²) in [6.07, 6.45) is 7.73. The fourth-order valence-corrected chi connectivity index (χ4v) is 7.27. The van der Waals surface area contributed by atoms with Gasteiger partial charge in [-0.05, 0) is 42.3 Å². The van der Waals surface area contributed by atoms with Gasteiger partial charge in [0.2, 0.25) is 8.32 Å². The number of hydrogen-bond donors (Lipinski definition) is 0. The first-order chi connectivity index (χ1) is 9.63. The average molecular weight is 284 g/mol. The van der Waals surface area contributed by atoms with E-state index in [1.54, 1.807) is 5.20 Å². The van der Waals surface area contributed by atoms with Gasteiger partial charge in [0.05, 0.1) is 6.10 Å². The van der Waals surface area contributed by atoms with Crippen molar-refractivity contribution in [3.63, 3.8) is 0 Å². The molecule has 1 saturated carbocycles. The maximum Gasteiger partial charge on any atom is 0.215 e. The van der Waals surface area contributed by atoms with Crippen LogP contribution >= 0.6 is 0 Å². The molecule has 1 nitrogen and oxygen atoms in total. The minimum atomic E-state index is -1.76. The first kappa shape index (κ1) is 13.8. The molecule has 106 valence electrons. The van der Waals surface area contributed by atoms with Crippen molar-refractivity contribution in [2.75, 3.05) is 0 Å². The third-order valence-electron chi connectivity index (χ3n) is 4.75. The van der Waals surface area contributed by atoms with Crippen molar-refractivity contribution in [3.05, 3.63) is 53.7 Å². The molecule has 0 bridgehead atoms. The van der Waals surface area contributed by atoms with Crippen LogP contribution < -0.4 is 0 Å². The minimum absolute atomic E-state index is 0.471. The van der Waals surface area contributed by atoms with E-state index >= 15 is 0 Å². The molecule has 0 N–H and O–H groups in total. The number of rotatable bonds is 2. The molecule has 0 amide bonds. The van der Waals surface area contributed by atoms with Gasteiger partial charge in [-0.1, -0.05) is 55.8 Å². The Balaban J connectivity index is 2.12. The largest absolute Gasteiger partial charge is 0.410 e. The Bertz CT molecular complexity index is 530. The van der Waals surface area contributed by atoms with Crippen LogP contribution in [0.4, 0.5) is 0 Å². The van der Waals surface area contributed by atoms with Crippen LogP contribution in [0.1, 0.15) is 31.2 Å². The van der Waals surface area contributed by atoms with Gasteiger partial charge < -0.3 is 4.43 Å². The Labute approximate surface area is 123 Å². The first-order valence-corrected chi connectivity index (χ1v) is 10.6. The van der Waals surface area contributed by atoms with Crippen molar-refractivity contribution in [1.29, 1.82) is 0 Å². The first-order valence-electron chi connectivity index (χ1n) is 7.74.